The number of nitriles is 1. The Bertz CT molecular complexity index is 572. The summed E-state index contributed by atoms with van der Waals surface area (Å²) >= 11 is 0. The van der Waals surface area contributed by atoms with E-state index in [1.807, 2.05) is 13.8 Å². The quantitative estimate of drug-likeness (QED) is 0.723. The molecule has 1 rings (SSSR count). The summed E-state index contributed by atoms with van der Waals surface area (Å²) in [5, 5.41) is 9.19. The predicted octanol–water partition coefficient (Wildman–Crippen LogP) is 3.42. The van der Waals surface area contributed by atoms with Crippen LogP contribution in [0.25, 0.3) is 0 Å². The number of unbranched alkanes of at least 4 members (excludes halogenated alkanes) is 1. The summed E-state index contributed by atoms with van der Waals surface area (Å²) in [7, 11) is -3.80. The van der Waals surface area contributed by atoms with Crippen molar-refractivity contribution in [1.29, 1.82) is 5.26 Å². The summed E-state index contributed by atoms with van der Waals surface area (Å²) in [6.07, 6.45) is 2.46. The molecule has 0 saturated heterocycles. The van der Waals surface area contributed by atoms with Gasteiger partial charge in [0.1, 0.15) is 0 Å². The molecule has 0 bridgehead atoms. The molecule has 0 aliphatic carbocycles. The highest BCUT2D eigenvalue weighted by atomic mass is 32.2. The third-order valence-electron chi connectivity index (χ3n) is 3.19. The van der Waals surface area contributed by atoms with E-state index in [9.17, 15) is 13.7 Å². The van der Waals surface area contributed by atoms with Gasteiger partial charge in [-0.25, -0.2) is 0 Å². The van der Waals surface area contributed by atoms with Crippen molar-refractivity contribution in [3.63, 3.8) is 0 Å². The van der Waals surface area contributed by atoms with Gasteiger partial charge in [0.2, 0.25) is 0 Å². The molecule has 0 aliphatic heterocycles. The predicted molar refractivity (Wildman–Crippen MR) is 77.6 cm³/mol. The molecule has 4 nitrogen and oxygen atoms in total. The van der Waals surface area contributed by atoms with E-state index in [0.717, 1.165) is 18.4 Å². The lowest BCUT2D eigenvalue weighted by Crippen LogP contribution is -2.23. The Balaban J connectivity index is 2.77. The number of hydrogen-bond acceptors (Lipinski definition) is 4. The van der Waals surface area contributed by atoms with Gasteiger partial charge in [-0.2, -0.15) is 13.7 Å². The van der Waals surface area contributed by atoms with E-state index in [-0.39, 0.29) is 11.5 Å². The van der Waals surface area contributed by atoms with Crippen molar-refractivity contribution in [3.05, 3.63) is 29.8 Å². The molecule has 0 radical (unpaired) electrons. The molecule has 0 N–H and O–H groups in total. The second-order valence-electron chi connectivity index (χ2n) is 5.31. The van der Waals surface area contributed by atoms with Crippen LogP contribution in [0.15, 0.2) is 29.2 Å². The summed E-state index contributed by atoms with van der Waals surface area (Å²) in [6, 6.07) is 8.62. The molecule has 110 valence electrons. The molecule has 0 saturated carbocycles. The average molecular weight is 295 g/mol. The monoisotopic (exact) mass is 295 g/mol. The van der Waals surface area contributed by atoms with Gasteiger partial charge < -0.3 is 0 Å². The highest BCUT2D eigenvalue weighted by Gasteiger charge is 2.27. The Morgan fingerprint density at radius 3 is 2.40 bits per heavy atom. The highest BCUT2D eigenvalue weighted by Crippen LogP contribution is 2.25. The Labute approximate surface area is 121 Å². The molecular weight excluding hydrogens is 274 g/mol. The summed E-state index contributed by atoms with van der Waals surface area (Å²) < 4.78 is 29.2. The number of rotatable bonds is 7. The second kappa shape index (κ2) is 6.87. The van der Waals surface area contributed by atoms with Crippen LogP contribution in [0, 0.1) is 23.7 Å². The molecule has 20 heavy (non-hydrogen) atoms. The lowest BCUT2D eigenvalue weighted by atomic mass is 9.88. The molecule has 0 heterocycles. The van der Waals surface area contributed by atoms with Crippen molar-refractivity contribution in [2.75, 3.05) is 6.61 Å². The third-order valence-corrected chi connectivity index (χ3v) is 4.47. The van der Waals surface area contributed by atoms with Crippen LogP contribution in [0.4, 0.5) is 0 Å². The first kappa shape index (κ1) is 16.7. The largest absolute Gasteiger partial charge is 0.297 e. The molecular formula is C15H21NO3S. The summed E-state index contributed by atoms with van der Waals surface area (Å²) in [6.45, 7) is 5.53. The zero-order chi connectivity index (χ0) is 15.2. The normalized spacial score (nSPS) is 14.5. The zero-order valence-corrected chi connectivity index (χ0v) is 13.0. The smallest absolute Gasteiger partial charge is 0.265 e. The fourth-order valence-electron chi connectivity index (χ4n) is 1.71. The lowest BCUT2D eigenvalue weighted by molar-refractivity contribution is 0.204. The van der Waals surface area contributed by atoms with Crippen molar-refractivity contribution in [2.45, 2.75) is 44.9 Å². The van der Waals surface area contributed by atoms with Gasteiger partial charge in [0.25, 0.3) is 10.1 Å². The lowest BCUT2D eigenvalue weighted by Gasteiger charge is -2.20. The van der Waals surface area contributed by atoms with Gasteiger partial charge in [-0.15, -0.1) is 0 Å². The van der Waals surface area contributed by atoms with E-state index in [2.05, 4.69) is 6.07 Å². The highest BCUT2D eigenvalue weighted by molar-refractivity contribution is 7.86. The van der Waals surface area contributed by atoms with Gasteiger partial charge in [0, 0.05) is 0 Å². The minimum atomic E-state index is -3.80. The van der Waals surface area contributed by atoms with Crippen LogP contribution < -0.4 is 0 Å². The van der Waals surface area contributed by atoms with Crippen LogP contribution in [-0.4, -0.2) is 15.0 Å². The van der Waals surface area contributed by atoms with E-state index >= 15 is 0 Å². The van der Waals surface area contributed by atoms with Crippen LogP contribution in [0.5, 0.6) is 0 Å². The van der Waals surface area contributed by atoms with Gasteiger partial charge in [-0.3, -0.25) is 4.18 Å². The second-order valence-corrected chi connectivity index (χ2v) is 6.92. The van der Waals surface area contributed by atoms with Gasteiger partial charge in [0.05, 0.1) is 23.0 Å². The van der Waals surface area contributed by atoms with Crippen LogP contribution >= 0.6 is 0 Å². The first-order valence-corrected chi connectivity index (χ1v) is 8.11. The van der Waals surface area contributed by atoms with Gasteiger partial charge in [0.15, 0.2) is 0 Å². The molecule has 1 atom stereocenters. The maximum absolute atomic E-state index is 12.0. The molecule has 0 spiro atoms. The number of aryl methyl sites for hydroxylation is 1. The molecule has 1 aromatic rings. The average Bonchev–Trinajstić information content (AvgIpc) is 2.44. The van der Waals surface area contributed by atoms with Crippen molar-refractivity contribution in [2.24, 2.45) is 5.41 Å². The molecule has 0 amide bonds. The molecule has 0 fully saturated rings. The Kier molecular flexibility index (Phi) is 5.73. The number of benzene rings is 1. The first-order chi connectivity index (χ1) is 9.33. The number of nitrogens with zero attached hydrogens (tertiary/aromatic N) is 1. The molecule has 1 unspecified atom stereocenters. The zero-order valence-electron chi connectivity index (χ0n) is 12.2. The molecule has 0 aromatic heterocycles. The topological polar surface area (TPSA) is 67.2 Å². The SMILES string of the molecule is CCCCC(C)(C#N)COS(=O)(=O)c1ccc(C)cc1. The van der Waals surface area contributed by atoms with E-state index in [4.69, 9.17) is 4.18 Å². The van der Waals surface area contributed by atoms with E-state index in [1.54, 1.807) is 19.1 Å². The minimum absolute atomic E-state index is 0.111. The first-order valence-electron chi connectivity index (χ1n) is 6.70. The van der Waals surface area contributed by atoms with E-state index in [1.165, 1.54) is 12.1 Å². The van der Waals surface area contributed by atoms with Crippen LogP contribution in [0.2, 0.25) is 0 Å². The molecule has 1 aromatic carbocycles. The number of hydrogen-bond donors (Lipinski definition) is 0. The maximum Gasteiger partial charge on any atom is 0.297 e. The standard InChI is InChI=1S/C15H21NO3S/c1-4-5-10-15(3,11-16)12-19-20(17,18)14-8-6-13(2)7-9-14/h6-9H,4-5,10,12H2,1-3H3. The van der Waals surface area contributed by atoms with E-state index < -0.39 is 15.5 Å². The van der Waals surface area contributed by atoms with Crippen LogP contribution in [0.1, 0.15) is 38.7 Å². The molecule has 5 heteroatoms. The van der Waals surface area contributed by atoms with Crippen LogP contribution in [-0.2, 0) is 14.3 Å². The fraction of sp³-hybridized carbons (Fsp3) is 0.533. The summed E-state index contributed by atoms with van der Waals surface area (Å²) in [5.41, 5.74) is 0.210. The van der Waals surface area contributed by atoms with Crippen molar-refractivity contribution < 1.29 is 12.6 Å². The maximum atomic E-state index is 12.0. The Morgan fingerprint density at radius 1 is 1.30 bits per heavy atom. The summed E-state index contributed by atoms with van der Waals surface area (Å²) in [4.78, 5) is 0.124. The Hall–Kier alpha value is -1.38. The van der Waals surface area contributed by atoms with E-state index in [0.29, 0.717) is 6.42 Å². The van der Waals surface area contributed by atoms with Crippen molar-refractivity contribution >= 4 is 10.1 Å². The molecule has 0 aliphatic rings. The van der Waals surface area contributed by atoms with Crippen molar-refractivity contribution in [3.8, 4) is 6.07 Å². The third kappa shape index (κ3) is 4.62. The van der Waals surface area contributed by atoms with Gasteiger partial charge in [-0.1, -0.05) is 37.5 Å². The Morgan fingerprint density at radius 2 is 1.90 bits per heavy atom. The van der Waals surface area contributed by atoms with Gasteiger partial charge in [-0.05, 0) is 32.4 Å². The minimum Gasteiger partial charge on any atom is -0.265 e. The fourth-order valence-corrected chi connectivity index (χ4v) is 2.73. The van der Waals surface area contributed by atoms with Gasteiger partial charge >= 0.3 is 0 Å². The summed E-state index contributed by atoms with van der Waals surface area (Å²) in [5.74, 6) is 0. The van der Waals surface area contributed by atoms with Crippen LogP contribution in [0.3, 0.4) is 0 Å². The van der Waals surface area contributed by atoms with Crippen molar-refractivity contribution in [1.82, 2.24) is 0 Å².